The van der Waals surface area contributed by atoms with Crippen molar-refractivity contribution < 1.29 is 19.1 Å². The van der Waals surface area contributed by atoms with Gasteiger partial charge in [-0.25, -0.2) is 4.79 Å². The van der Waals surface area contributed by atoms with Crippen LogP contribution < -0.4 is 4.74 Å². The van der Waals surface area contributed by atoms with E-state index in [0.717, 1.165) is 17.5 Å². The number of Topliss-reactive ketones (excluding diaryl/α,β-unsaturated/α-hetero) is 1. The van der Waals surface area contributed by atoms with E-state index in [0.29, 0.717) is 36.4 Å². The molecule has 1 amide bonds. The van der Waals surface area contributed by atoms with Crippen molar-refractivity contribution in [3.63, 3.8) is 0 Å². The molecule has 0 aliphatic carbocycles. The number of nitriles is 1. The molecule has 31 heavy (non-hydrogen) atoms. The molecule has 0 bridgehead atoms. The van der Waals surface area contributed by atoms with E-state index in [9.17, 15) is 9.59 Å². The molecule has 0 saturated carbocycles. The van der Waals surface area contributed by atoms with Gasteiger partial charge in [0.1, 0.15) is 17.0 Å². The van der Waals surface area contributed by atoms with Crippen molar-refractivity contribution in [1.82, 2.24) is 4.90 Å². The highest BCUT2D eigenvalue weighted by Crippen LogP contribution is 2.40. The molecule has 1 saturated heterocycles. The van der Waals surface area contributed by atoms with Gasteiger partial charge >= 0.3 is 6.09 Å². The van der Waals surface area contributed by atoms with Crippen LogP contribution in [0.25, 0.3) is 11.1 Å². The number of hydrogen-bond donors (Lipinski definition) is 0. The van der Waals surface area contributed by atoms with Crippen LogP contribution in [-0.2, 0) is 4.74 Å². The Morgan fingerprint density at radius 2 is 1.97 bits per heavy atom. The average Bonchev–Trinajstić information content (AvgIpc) is 2.72. The third kappa shape index (κ3) is 4.41. The molecule has 4 rings (SSSR count). The number of carbonyl (C=O) groups is 2. The number of nitrogens with zero attached hydrogens (tertiary/aromatic N) is 2. The Morgan fingerprint density at radius 3 is 2.71 bits per heavy atom. The Labute approximate surface area is 182 Å². The maximum atomic E-state index is 13.1. The normalized spacial score (nSPS) is 20.6. The summed E-state index contributed by atoms with van der Waals surface area (Å²) in [6, 6.07) is 15.0. The molecule has 2 aliphatic heterocycles. The van der Waals surface area contributed by atoms with E-state index in [1.165, 1.54) is 0 Å². The molecule has 0 N–H and O–H groups in total. The number of rotatable bonds is 1. The number of ketones is 1. The summed E-state index contributed by atoms with van der Waals surface area (Å²) in [7, 11) is 0. The van der Waals surface area contributed by atoms with Crippen LogP contribution in [0.5, 0.6) is 5.75 Å². The Morgan fingerprint density at radius 1 is 1.19 bits per heavy atom. The van der Waals surface area contributed by atoms with Crippen molar-refractivity contribution in [1.29, 1.82) is 5.26 Å². The maximum Gasteiger partial charge on any atom is 0.410 e. The van der Waals surface area contributed by atoms with E-state index in [1.54, 1.807) is 17.0 Å². The van der Waals surface area contributed by atoms with Crippen molar-refractivity contribution in [3.05, 3.63) is 53.6 Å². The summed E-state index contributed by atoms with van der Waals surface area (Å²) >= 11 is 0. The van der Waals surface area contributed by atoms with Crippen LogP contribution in [0.4, 0.5) is 4.79 Å². The molecular weight excluding hydrogens is 392 g/mol. The van der Waals surface area contributed by atoms with E-state index in [-0.39, 0.29) is 18.3 Å². The third-order valence-electron chi connectivity index (χ3n) is 5.61. The number of hydrogen-bond acceptors (Lipinski definition) is 5. The van der Waals surface area contributed by atoms with Gasteiger partial charge in [-0.2, -0.15) is 5.26 Å². The molecule has 0 radical (unpaired) electrons. The molecule has 0 aromatic heterocycles. The van der Waals surface area contributed by atoms with Crippen molar-refractivity contribution in [2.24, 2.45) is 0 Å². The molecule has 2 heterocycles. The second kappa shape index (κ2) is 7.73. The van der Waals surface area contributed by atoms with E-state index in [2.05, 4.69) is 6.07 Å². The quantitative estimate of drug-likeness (QED) is 0.654. The number of fused-ring (bicyclic) bond motifs is 1. The highest BCUT2D eigenvalue weighted by Gasteiger charge is 2.45. The smallest absolute Gasteiger partial charge is 0.410 e. The SMILES string of the molecule is CC(C)(C)OC(=O)N1CCCC2(CC(=O)c3cc(-c4cccc(C#N)c4)ccc3O2)C1. The Hall–Kier alpha value is -3.33. The average molecular weight is 418 g/mol. The maximum absolute atomic E-state index is 13.1. The fraction of sp³-hybridized carbons (Fsp3) is 0.400. The lowest BCUT2D eigenvalue weighted by Crippen LogP contribution is -2.56. The van der Waals surface area contributed by atoms with Gasteiger partial charge in [0, 0.05) is 6.54 Å². The molecule has 2 aromatic rings. The molecule has 1 unspecified atom stereocenters. The molecular formula is C25H26N2O4. The standard InChI is InChI=1S/C25H26N2O4/c1-24(2,3)31-23(29)27-11-5-10-25(16-27)14-21(28)20-13-19(8-9-22(20)30-25)18-7-4-6-17(12-18)15-26/h4,6-9,12-13H,5,10-11,14,16H2,1-3H3. The molecule has 6 heteroatoms. The number of ether oxygens (including phenoxy) is 2. The van der Waals surface area contributed by atoms with E-state index < -0.39 is 11.2 Å². The lowest BCUT2D eigenvalue weighted by molar-refractivity contribution is -0.0333. The lowest BCUT2D eigenvalue weighted by atomic mass is 9.83. The Kier molecular flexibility index (Phi) is 5.22. The van der Waals surface area contributed by atoms with Gasteiger partial charge in [0.05, 0.1) is 30.2 Å². The monoisotopic (exact) mass is 418 g/mol. The summed E-state index contributed by atoms with van der Waals surface area (Å²) in [5.74, 6) is 0.549. The van der Waals surface area contributed by atoms with E-state index in [1.807, 2.05) is 51.1 Å². The van der Waals surface area contributed by atoms with Crippen molar-refractivity contribution in [2.45, 2.75) is 51.2 Å². The molecule has 2 aliphatic rings. The van der Waals surface area contributed by atoms with Crippen molar-refractivity contribution >= 4 is 11.9 Å². The first-order chi connectivity index (χ1) is 14.7. The van der Waals surface area contributed by atoms with Gasteiger partial charge in [0.25, 0.3) is 0 Å². The zero-order valence-electron chi connectivity index (χ0n) is 18.1. The minimum absolute atomic E-state index is 0.00516. The molecule has 6 nitrogen and oxygen atoms in total. The van der Waals surface area contributed by atoms with Crippen molar-refractivity contribution in [2.75, 3.05) is 13.1 Å². The fourth-order valence-corrected chi connectivity index (χ4v) is 4.25. The lowest BCUT2D eigenvalue weighted by Gasteiger charge is -2.44. The fourth-order valence-electron chi connectivity index (χ4n) is 4.25. The summed E-state index contributed by atoms with van der Waals surface area (Å²) in [6.45, 7) is 6.44. The Bertz CT molecular complexity index is 1080. The van der Waals surface area contributed by atoms with Gasteiger partial charge < -0.3 is 14.4 Å². The largest absolute Gasteiger partial charge is 0.484 e. The van der Waals surface area contributed by atoms with Crippen LogP contribution in [0.1, 0.15) is 56.0 Å². The second-order valence-electron chi connectivity index (χ2n) is 9.29. The van der Waals surface area contributed by atoms with Gasteiger partial charge in [0.15, 0.2) is 5.78 Å². The topological polar surface area (TPSA) is 79.6 Å². The number of amides is 1. The van der Waals surface area contributed by atoms with Gasteiger partial charge in [-0.3, -0.25) is 4.79 Å². The predicted molar refractivity (Wildman–Crippen MR) is 116 cm³/mol. The summed E-state index contributed by atoms with van der Waals surface area (Å²) in [5, 5.41) is 9.15. The minimum atomic E-state index is -0.721. The van der Waals surface area contributed by atoms with Gasteiger partial charge in [-0.1, -0.05) is 18.2 Å². The van der Waals surface area contributed by atoms with E-state index >= 15 is 0 Å². The Balaban J connectivity index is 1.58. The minimum Gasteiger partial charge on any atom is -0.484 e. The zero-order valence-corrected chi connectivity index (χ0v) is 18.1. The second-order valence-corrected chi connectivity index (χ2v) is 9.29. The summed E-state index contributed by atoms with van der Waals surface area (Å²) in [4.78, 5) is 27.3. The third-order valence-corrected chi connectivity index (χ3v) is 5.61. The number of likely N-dealkylation sites (tertiary alicyclic amines) is 1. The summed E-state index contributed by atoms with van der Waals surface area (Å²) in [5.41, 5.74) is 1.56. The molecule has 1 atom stereocenters. The summed E-state index contributed by atoms with van der Waals surface area (Å²) in [6.07, 6.45) is 1.31. The van der Waals surface area contributed by atoms with Crippen LogP contribution in [0, 0.1) is 11.3 Å². The predicted octanol–water partition coefficient (Wildman–Crippen LogP) is 4.96. The number of piperidine rings is 1. The molecule has 160 valence electrons. The van der Waals surface area contributed by atoms with Crippen LogP contribution in [0.15, 0.2) is 42.5 Å². The van der Waals surface area contributed by atoms with Crippen LogP contribution in [-0.4, -0.2) is 41.1 Å². The first-order valence-corrected chi connectivity index (χ1v) is 10.5. The van der Waals surface area contributed by atoms with Gasteiger partial charge in [-0.05, 0) is 69.0 Å². The van der Waals surface area contributed by atoms with Crippen LogP contribution in [0.3, 0.4) is 0 Å². The summed E-state index contributed by atoms with van der Waals surface area (Å²) < 4.78 is 11.9. The number of benzene rings is 2. The van der Waals surface area contributed by atoms with Crippen molar-refractivity contribution in [3.8, 4) is 22.9 Å². The van der Waals surface area contributed by atoms with Crippen LogP contribution in [0.2, 0.25) is 0 Å². The van der Waals surface area contributed by atoms with Crippen LogP contribution >= 0.6 is 0 Å². The first-order valence-electron chi connectivity index (χ1n) is 10.5. The molecule has 1 fully saturated rings. The van der Waals surface area contributed by atoms with Gasteiger partial charge in [-0.15, -0.1) is 0 Å². The first kappa shape index (κ1) is 20.9. The van der Waals surface area contributed by atoms with Gasteiger partial charge in [0.2, 0.25) is 0 Å². The number of carbonyl (C=O) groups excluding carboxylic acids is 2. The highest BCUT2D eigenvalue weighted by molar-refractivity contribution is 6.01. The molecule has 2 aromatic carbocycles. The zero-order chi connectivity index (χ0) is 22.2. The van der Waals surface area contributed by atoms with E-state index in [4.69, 9.17) is 14.7 Å². The highest BCUT2D eigenvalue weighted by atomic mass is 16.6. The molecule has 1 spiro atoms.